The number of nitrogens with one attached hydrogen (secondary N) is 1. The monoisotopic (exact) mass is 266 g/mol. The summed E-state index contributed by atoms with van der Waals surface area (Å²) >= 11 is 0. The van der Waals surface area contributed by atoms with Crippen LogP contribution in [0.3, 0.4) is 0 Å². The Labute approximate surface area is 120 Å². The van der Waals surface area contributed by atoms with E-state index < -0.39 is 0 Å². The maximum absolute atomic E-state index is 3.82. The van der Waals surface area contributed by atoms with Crippen LogP contribution in [0.4, 0.5) is 0 Å². The molecule has 0 amide bonds. The summed E-state index contributed by atoms with van der Waals surface area (Å²) in [4.78, 5) is 2.73. The van der Waals surface area contributed by atoms with E-state index in [-0.39, 0.29) is 0 Å². The summed E-state index contributed by atoms with van der Waals surface area (Å²) in [5, 5.41) is 3.82. The number of likely N-dealkylation sites (N-methyl/N-ethyl adjacent to an activating group) is 1. The molecule has 19 heavy (non-hydrogen) atoms. The Bertz CT molecular complexity index is 215. The van der Waals surface area contributed by atoms with Gasteiger partial charge >= 0.3 is 0 Å². The van der Waals surface area contributed by atoms with Crippen LogP contribution in [0, 0.1) is 0 Å². The fourth-order valence-corrected chi connectivity index (χ4v) is 3.94. The third-order valence-electron chi connectivity index (χ3n) is 5.18. The first-order valence-corrected chi connectivity index (χ1v) is 8.87. The lowest BCUT2D eigenvalue weighted by Crippen LogP contribution is -2.42. The fraction of sp³-hybridized carbons (Fsp3) is 1.00. The van der Waals surface area contributed by atoms with E-state index in [4.69, 9.17) is 0 Å². The standard InChI is InChI=1S/C17H34N2/c1-2-19(17-12-8-5-9-13-17)15-14-18-16-10-6-3-4-7-11-16/h16-18H,2-15H2,1H3. The summed E-state index contributed by atoms with van der Waals surface area (Å²) in [7, 11) is 0. The zero-order valence-corrected chi connectivity index (χ0v) is 13.0. The number of nitrogens with zero attached hydrogens (tertiary/aromatic N) is 1. The minimum absolute atomic E-state index is 0.813. The van der Waals surface area contributed by atoms with Crippen LogP contribution in [0.25, 0.3) is 0 Å². The van der Waals surface area contributed by atoms with Crippen molar-refractivity contribution in [3.05, 3.63) is 0 Å². The molecule has 2 fully saturated rings. The highest BCUT2D eigenvalue weighted by atomic mass is 15.2. The van der Waals surface area contributed by atoms with E-state index in [1.54, 1.807) is 0 Å². The largest absolute Gasteiger partial charge is 0.313 e. The van der Waals surface area contributed by atoms with Gasteiger partial charge in [-0.05, 0) is 32.2 Å². The second-order valence-corrected chi connectivity index (χ2v) is 6.56. The van der Waals surface area contributed by atoms with Crippen LogP contribution in [0.5, 0.6) is 0 Å². The third-order valence-corrected chi connectivity index (χ3v) is 5.18. The Hall–Kier alpha value is -0.0800. The molecule has 0 aromatic carbocycles. The predicted octanol–water partition coefficient (Wildman–Crippen LogP) is 3.95. The minimum atomic E-state index is 0.813. The van der Waals surface area contributed by atoms with Gasteiger partial charge in [0.2, 0.25) is 0 Å². The van der Waals surface area contributed by atoms with E-state index in [0.29, 0.717) is 0 Å². The Morgan fingerprint density at radius 1 is 0.842 bits per heavy atom. The molecule has 0 radical (unpaired) electrons. The van der Waals surface area contributed by atoms with Gasteiger partial charge in [-0.15, -0.1) is 0 Å². The molecule has 2 saturated carbocycles. The number of rotatable bonds is 6. The van der Waals surface area contributed by atoms with E-state index in [0.717, 1.165) is 12.1 Å². The summed E-state index contributed by atoms with van der Waals surface area (Å²) < 4.78 is 0. The molecule has 2 rings (SSSR count). The predicted molar refractivity (Wildman–Crippen MR) is 83.6 cm³/mol. The molecular formula is C17H34N2. The molecule has 0 atom stereocenters. The first-order chi connectivity index (χ1) is 9.40. The highest BCUT2D eigenvalue weighted by molar-refractivity contribution is 4.77. The molecule has 0 unspecified atom stereocenters. The van der Waals surface area contributed by atoms with Gasteiger partial charge in [-0.25, -0.2) is 0 Å². The van der Waals surface area contributed by atoms with Crippen LogP contribution in [-0.4, -0.2) is 36.6 Å². The van der Waals surface area contributed by atoms with Crippen molar-refractivity contribution >= 4 is 0 Å². The Morgan fingerprint density at radius 3 is 2.05 bits per heavy atom. The Balaban J connectivity index is 1.64. The molecular weight excluding hydrogens is 232 g/mol. The van der Waals surface area contributed by atoms with Crippen LogP contribution in [0.1, 0.15) is 77.6 Å². The fourth-order valence-electron chi connectivity index (χ4n) is 3.94. The van der Waals surface area contributed by atoms with Crippen molar-refractivity contribution in [3.63, 3.8) is 0 Å². The Kier molecular flexibility index (Phi) is 7.23. The number of hydrogen-bond donors (Lipinski definition) is 1. The maximum Gasteiger partial charge on any atom is 0.0110 e. The van der Waals surface area contributed by atoms with Gasteiger partial charge in [0.1, 0.15) is 0 Å². The first kappa shape index (κ1) is 15.3. The average Bonchev–Trinajstić information content (AvgIpc) is 2.73. The molecule has 2 heteroatoms. The molecule has 2 aliphatic carbocycles. The zero-order chi connectivity index (χ0) is 13.3. The second-order valence-electron chi connectivity index (χ2n) is 6.56. The van der Waals surface area contributed by atoms with Gasteiger partial charge in [0.15, 0.2) is 0 Å². The van der Waals surface area contributed by atoms with Crippen molar-refractivity contribution in [3.8, 4) is 0 Å². The normalized spacial score (nSPS) is 23.7. The van der Waals surface area contributed by atoms with E-state index in [2.05, 4.69) is 17.1 Å². The molecule has 112 valence electrons. The van der Waals surface area contributed by atoms with Crippen LogP contribution >= 0.6 is 0 Å². The van der Waals surface area contributed by atoms with E-state index in [1.807, 2.05) is 0 Å². The van der Waals surface area contributed by atoms with Crippen LogP contribution in [0.15, 0.2) is 0 Å². The maximum atomic E-state index is 3.82. The van der Waals surface area contributed by atoms with Crippen molar-refractivity contribution in [2.45, 2.75) is 89.6 Å². The summed E-state index contributed by atoms with van der Waals surface area (Å²) in [6, 6.07) is 1.70. The lowest BCUT2D eigenvalue weighted by molar-refractivity contribution is 0.162. The van der Waals surface area contributed by atoms with Gasteiger partial charge < -0.3 is 5.32 Å². The van der Waals surface area contributed by atoms with Crippen molar-refractivity contribution in [2.24, 2.45) is 0 Å². The minimum Gasteiger partial charge on any atom is -0.313 e. The summed E-state index contributed by atoms with van der Waals surface area (Å²) in [6.07, 6.45) is 15.9. The molecule has 0 aliphatic heterocycles. The smallest absolute Gasteiger partial charge is 0.0110 e. The molecule has 0 saturated heterocycles. The van der Waals surface area contributed by atoms with E-state index >= 15 is 0 Å². The van der Waals surface area contributed by atoms with Crippen LogP contribution in [-0.2, 0) is 0 Å². The lowest BCUT2D eigenvalue weighted by atomic mass is 9.94. The molecule has 0 heterocycles. The molecule has 0 spiro atoms. The second kappa shape index (κ2) is 8.97. The summed E-state index contributed by atoms with van der Waals surface area (Å²) in [5.41, 5.74) is 0. The zero-order valence-electron chi connectivity index (χ0n) is 13.0. The van der Waals surface area contributed by atoms with E-state index in [9.17, 15) is 0 Å². The van der Waals surface area contributed by atoms with Crippen LogP contribution < -0.4 is 5.32 Å². The van der Waals surface area contributed by atoms with Gasteiger partial charge in [-0.3, -0.25) is 4.90 Å². The average molecular weight is 266 g/mol. The van der Waals surface area contributed by atoms with Crippen molar-refractivity contribution in [1.29, 1.82) is 0 Å². The van der Waals surface area contributed by atoms with Gasteiger partial charge in [0.25, 0.3) is 0 Å². The quantitative estimate of drug-likeness (QED) is 0.732. The molecule has 2 nitrogen and oxygen atoms in total. The highest BCUT2D eigenvalue weighted by Gasteiger charge is 2.19. The topological polar surface area (TPSA) is 15.3 Å². The lowest BCUT2D eigenvalue weighted by Gasteiger charge is -2.34. The Morgan fingerprint density at radius 2 is 1.42 bits per heavy atom. The summed E-state index contributed by atoms with van der Waals surface area (Å²) in [5.74, 6) is 0. The van der Waals surface area contributed by atoms with Gasteiger partial charge in [-0.1, -0.05) is 51.9 Å². The summed E-state index contributed by atoms with van der Waals surface area (Å²) in [6.45, 7) is 6.03. The number of hydrogen-bond acceptors (Lipinski definition) is 2. The van der Waals surface area contributed by atoms with Crippen molar-refractivity contribution < 1.29 is 0 Å². The van der Waals surface area contributed by atoms with Gasteiger partial charge in [0, 0.05) is 25.2 Å². The first-order valence-electron chi connectivity index (χ1n) is 8.87. The van der Waals surface area contributed by atoms with Gasteiger partial charge in [-0.2, -0.15) is 0 Å². The third kappa shape index (κ3) is 5.43. The molecule has 0 aromatic heterocycles. The van der Waals surface area contributed by atoms with Crippen molar-refractivity contribution in [2.75, 3.05) is 19.6 Å². The van der Waals surface area contributed by atoms with Gasteiger partial charge in [0.05, 0.1) is 0 Å². The molecule has 2 aliphatic rings. The van der Waals surface area contributed by atoms with E-state index in [1.165, 1.54) is 90.3 Å². The molecule has 0 bridgehead atoms. The molecule has 0 aromatic rings. The van der Waals surface area contributed by atoms with Crippen LogP contribution in [0.2, 0.25) is 0 Å². The highest BCUT2D eigenvalue weighted by Crippen LogP contribution is 2.22. The van der Waals surface area contributed by atoms with Crippen molar-refractivity contribution in [1.82, 2.24) is 10.2 Å². The molecule has 1 N–H and O–H groups in total. The SMILES string of the molecule is CCN(CCNC1CCCCCC1)C1CCCCC1.